The molecule has 0 aromatic carbocycles. The first-order chi connectivity index (χ1) is 6.24. The van der Waals surface area contributed by atoms with E-state index in [9.17, 15) is 4.79 Å². The number of carbonyl (C=O) groups is 1. The van der Waals surface area contributed by atoms with Crippen molar-refractivity contribution in [3.63, 3.8) is 0 Å². The van der Waals surface area contributed by atoms with Crippen LogP contribution in [0.25, 0.3) is 0 Å². The highest BCUT2D eigenvalue weighted by molar-refractivity contribution is 8.00. The Morgan fingerprint density at radius 2 is 2.23 bits per heavy atom. The molecule has 0 saturated carbocycles. The molecule has 0 aliphatic carbocycles. The van der Waals surface area contributed by atoms with E-state index >= 15 is 0 Å². The molecular formula is C7H10N4OS. The van der Waals surface area contributed by atoms with E-state index in [0.717, 1.165) is 0 Å². The Hall–Kier alpha value is -1.14. The topological polar surface area (TPSA) is 80.9 Å². The minimum Gasteiger partial charge on any atom is -0.293 e. The van der Waals surface area contributed by atoms with Gasteiger partial charge in [0.2, 0.25) is 5.91 Å². The molecule has 1 aromatic heterocycles. The maximum atomic E-state index is 11.0. The molecule has 6 heteroatoms. The minimum absolute atomic E-state index is 0.238. The van der Waals surface area contributed by atoms with Gasteiger partial charge in [0.15, 0.2) is 5.16 Å². The summed E-state index contributed by atoms with van der Waals surface area (Å²) < 4.78 is 0. The highest BCUT2D eigenvalue weighted by atomic mass is 32.2. The van der Waals surface area contributed by atoms with Crippen molar-refractivity contribution in [2.75, 3.05) is 0 Å². The fraction of sp³-hybridized carbons (Fsp3) is 0.286. The normalized spacial score (nSPS) is 12.2. The number of hydrogen-bond acceptors (Lipinski definition) is 5. The predicted molar refractivity (Wildman–Crippen MR) is 49.7 cm³/mol. The maximum Gasteiger partial charge on any atom is 0.247 e. The first-order valence-electron chi connectivity index (χ1n) is 3.68. The van der Waals surface area contributed by atoms with E-state index in [0.29, 0.717) is 5.16 Å². The number of hydrogen-bond donors (Lipinski definition) is 2. The summed E-state index contributed by atoms with van der Waals surface area (Å²) in [6.45, 7) is 1.74. The monoisotopic (exact) mass is 198 g/mol. The van der Waals surface area contributed by atoms with Gasteiger partial charge in [-0.2, -0.15) is 0 Å². The zero-order chi connectivity index (χ0) is 9.68. The second-order valence-electron chi connectivity index (χ2n) is 2.30. The molecule has 0 bridgehead atoms. The number of nitrogens with zero attached hydrogens (tertiary/aromatic N) is 2. The number of amides is 1. The minimum atomic E-state index is -0.285. The molecule has 1 heterocycles. The summed E-state index contributed by atoms with van der Waals surface area (Å²) in [6, 6.07) is 1.72. The lowest BCUT2D eigenvalue weighted by Crippen LogP contribution is -2.36. The molecule has 3 N–H and O–H groups in total. The van der Waals surface area contributed by atoms with E-state index in [1.54, 1.807) is 25.4 Å². The van der Waals surface area contributed by atoms with Crippen molar-refractivity contribution in [1.29, 1.82) is 0 Å². The van der Waals surface area contributed by atoms with Crippen molar-refractivity contribution >= 4 is 17.7 Å². The van der Waals surface area contributed by atoms with Gasteiger partial charge in [0.25, 0.3) is 0 Å². The van der Waals surface area contributed by atoms with Crippen molar-refractivity contribution in [2.24, 2.45) is 5.84 Å². The SMILES string of the molecule is CC(Sc1ncccn1)C(=O)NN. The van der Waals surface area contributed by atoms with Gasteiger partial charge < -0.3 is 0 Å². The van der Waals surface area contributed by atoms with Crippen LogP contribution in [0.5, 0.6) is 0 Å². The molecule has 0 aliphatic rings. The van der Waals surface area contributed by atoms with Crippen LogP contribution in [0.4, 0.5) is 0 Å². The van der Waals surface area contributed by atoms with Crippen LogP contribution in [-0.2, 0) is 4.79 Å². The number of carbonyl (C=O) groups excluding carboxylic acids is 1. The van der Waals surface area contributed by atoms with Crippen LogP contribution >= 0.6 is 11.8 Å². The molecule has 70 valence electrons. The van der Waals surface area contributed by atoms with Gasteiger partial charge in [0.05, 0.1) is 5.25 Å². The zero-order valence-corrected chi connectivity index (χ0v) is 7.91. The molecule has 1 amide bonds. The van der Waals surface area contributed by atoms with Crippen molar-refractivity contribution in [3.8, 4) is 0 Å². The van der Waals surface area contributed by atoms with Crippen molar-refractivity contribution < 1.29 is 4.79 Å². The molecular weight excluding hydrogens is 188 g/mol. The van der Waals surface area contributed by atoms with Gasteiger partial charge in [0.1, 0.15) is 0 Å². The molecule has 0 aliphatic heterocycles. The quantitative estimate of drug-likeness (QED) is 0.234. The number of hydrazine groups is 1. The Labute approximate surface area is 80.1 Å². The number of rotatable bonds is 3. The van der Waals surface area contributed by atoms with Crippen LogP contribution in [0, 0.1) is 0 Å². The van der Waals surface area contributed by atoms with Crippen LogP contribution < -0.4 is 11.3 Å². The Morgan fingerprint density at radius 1 is 1.62 bits per heavy atom. The van der Waals surface area contributed by atoms with Crippen molar-refractivity contribution in [3.05, 3.63) is 18.5 Å². The molecule has 0 spiro atoms. The van der Waals surface area contributed by atoms with Crippen LogP contribution in [-0.4, -0.2) is 21.1 Å². The lowest BCUT2D eigenvalue weighted by atomic mass is 10.5. The number of thioether (sulfide) groups is 1. The van der Waals surface area contributed by atoms with Crippen molar-refractivity contribution in [2.45, 2.75) is 17.3 Å². The fourth-order valence-corrected chi connectivity index (χ4v) is 1.41. The molecule has 1 rings (SSSR count). The molecule has 0 saturated heterocycles. The average molecular weight is 198 g/mol. The van der Waals surface area contributed by atoms with Crippen LogP contribution in [0.1, 0.15) is 6.92 Å². The molecule has 13 heavy (non-hydrogen) atoms. The summed E-state index contributed by atoms with van der Waals surface area (Å²) in [4.78, 5) is 18.9. The highest BCUT2D eigenvalue weighted by Gasteiger charge is 2.13. The van der Waals surface area contributed by atoms with Gasteiger partial charge in [-0.1, -0.05) is 11.8 Å². The summed E-state index contributed by atoms with van der Waals surface area (Å²) in [7, 11) is 0. The third-order valence-electron chi connectivity index (χ3n) is 1.34. The predicted octanol–water partition coefficient (Wildman–Crippen LogP) is -0.0529. The molecule has 1 unspecified atom stereocenters. The summed E-state index contributed by atoms with van der Waals surface area (Å²) in [6.07, 6.45) is 3.25. The number of nitrogens with one attached hydrogen (secondary N) is 1. The lowest BCUT2D eigenvalue weighted by molar-refractivity contribution is -0.120. The van der Waals surface area contributed by atoms with Gasteiger partial charge in [0, 0.05) is 12.4 Å². The zero-order valence-electron chi connectivity index (χ0n) is 7.10. The van der Waals surface area contributed by atoms with Crippen molar-refractivity contribution in [1.82, 2.24) is 15.4 Å². The van der Waals surface area contributed by atoms with Crippen LogP contribution in [0.15, 0.2) is 23.6 Å². The first-order valence-corrected chi connectivity index (χ1v) is 4.56. The summed E-state index contributed by atoms with van der Waals surface area (Å²) in [5.74, 6) is 4.73. The largest absolute Gasteiger partial charge is 0.293 e. The van der Waals surface area contributed by atoms with E-state index in [1.807, 2.05) is 0 Å². The highest BCUT2D eigenvalue weighted by Crippen LogP contribution is 2.17. The van der Waals surface area contributed by atoms with Crippen LogP contribution in [0.2, 0.25) is 0 Å². The fourth-order valence-electron chi connectivity index (χ4n) is 0.675. The molecule has 0 fully saturated rings. The van der Waals surface area contributed by atoms with E-state index < -0.39 is 0 Å². The molecule has 5 nitrogen and oxygen atoms in total. The summed E-state index contributed by atoms with van der Waals surface area (Å²) >= 11 is 1.26. The van der Waals surface area contributed by atoms with E-state index in [2.05, 4.69) is 15.4 Å². The third-order valence-corrected chi connectivity index (χ3v) is 2.33. The average Bonchev–Trinajstić information content (AvgIpc) is 2.18. The van der Waals surface area contributed by atoms with Gasteiger partial charge in [-0.15, -0.1) is 0 Å². The van der Waals surface area contributed by atoms with Gasteiger partial charge >= 0.3 is 0 Å². The van der Waals surface area contributed by atoms with Gasteiger partial charge in [-0.05, 0) is 13.0 Å². The Bertz CT molecular complexity index is 279. The van der Waals surface area contributed by atoms with E-state index in [-0.39, 0.29) is 11.2 Å². The Balaban J connectivity index is 2.55. The first kappa shape index (κ1) is 9.94. The van der Waals surface area contributed by atoms with Gasteiger partial charge in [-0.3, -0.25) is 10.2 Å². The molecule has 1 aromatic rings. The Kier molecular flexibility index (Phi) is 3.66. The van der Waals surface area contributed by atoms with E-state index in [4.69, 9.17) is 5.84 Å². The standard InChI is InChI=1S/C7H10N4OS/c1-5(6(12)11-8)13-7-9-3-2-4-10-7/h2-5H,8H2,1H3,(H,11,12). The third kappa shape index (κ3) is 3.00. The van der Waals surface area contributed by atoms with Gasteiger partial charge in [-0.25, -0.2) is 15.8 Å². The maximum absolute atomic E-state index is 11.0. The second-order valence-corrected chi connectivity index (χ2v) is 3.61. The van der Waals surface area contributed by atoms with Crippen LogP contribution in [0.3, 0.4) is 0 Å². The van der Waals surface area contributed by atoms with E-state index in [1.165, 1.54) is 11.8 Å². The number of aromatic nitrogens is 2. The number of nitrogens with two attached hydrogens (primary N) is 1. The molecule has 1 atom stereocenters. The second kappa shape index (κ2) is 4.78. The molecule has 0 radical (unpaired) electrons. The summed E-state index contributed by atoms with van der Waals surface area (Å²) in [5, 5.41) is 0.283. The lowest BCUT2D eigenvalue weighted by Gasteiger charge is -2.06. The smallest absolute Gasteiger partial charge is 0.247 e. The Morgan fingerprint density at radius 3 is 2.77 bits per heavy atom. The summed E-state index contributed by atoms with van der Waals surface area (Å²) in [5.41, 5.74) is 2.07.